The molecule has 0 saturated heterocycles. The Morgan fingerprint density at radius 2 is 2.08 bits per heavy atom. The van der Waals surface area contributed by atoms with E-state index in [1.807, 2.05) is 25.1 Å². The maximum atomic E-state index is 12.2. The van der Waals surface area contributed by atoms with Crippen molar-refractivity contribution in [3.05, 3.63) is 58.0 Å². The van der Waals surface area contributed by atoms with Gasteiger partial charge in [-0.25, -0.2) is 4.79 Å². The molecule has 3 rings (SSSR count). The number of aromatic nitrogens is 3. The van der Waals surface area contributed by atoms with E-state index in [4.69, 9.17) is 4.74 Å². The lowest BCUT2D eigenvalue weighted by molar-refractivity contribution is 0.0602. The minimum atomic E-state index is -0.404. The molecule has 6 heteroatoms. The van der Waals surface area contributed by atoms with Gasteiger partial charge in [-0.3, -0.25) is 9.67 Å². The van der Waals surface area contributed by atoms with E-state index in [-0.39, 0.29) is 6.04 Å². The van der Waals surface area contributed by atoms with Crippen LogP contribution in [0.25, 0.3) is 10.9 Å². The summed E-state index contributed by atoms with van der Waals surface area (Å²) in [5, 5.41) is 5.32. The van der Waals surface area contributed by atoms with Gasteiger partial charge in [0.1, 0.15) is 0 Å². The Morgan fingerprint density at radius 3 is 2.72 bits per heavy atom. The molecule has 0 N–H and O–H groups in total. The monoisotopic (exact) mass is 397 g/mol. The lowest BCUT2D eigenvalue weighted by Gasteiger charge is -2.15. The number of carbonyl (C=O) groups excluding carboxylic acids is 1. The number of carbonyl (C=O) groups is 1. The molecule has 126 valence electrons. The maximum Gasteiger partial charge on any atom is 0.340 e. The number of hydrogen-bond acceptors (Lipinski definition) is 4. The summed E-state index contributed by atoms with van der Waals surface area (Å²) >= 11 is 3.39. The van der Waals surface area contributed by atoms with Crippen molar-refractivity contribution in [3.63, 3.8) is 0 Å². The van der Waals surface area contributed by atoms with E-state index < -0.39 is 5.97 Å². The van der Waals surface area contributed by atoms with E-state index in [1.54, 1.807) is 30.1 Å². The molecule has 0 spiro atoms. The Kier molecular flexibility index (Phi) is 4.86. The molecule has 0 amide bonds. The zero-order valence-electron chi connectivity index (χ0n) is 14.1. The number of nitrogens with zero attached hydrogens (tertiary/aromatic N) is 3. The standard InChI is InChI=1S/C19H16BrN3O2/c1-4-5-13-6-8-15(19(24)25-3)18-16(13)11-22-23(18)12(2)17-9-7-14(20)10-21-17/h6-12H,1-3H3. The molecule has 0 aliphatic heterocycles. The third kappa shape index (κ3) is 3.15. The van der Waals surface area contributed by atoms with Crippen LogP contribution in [-0.4, -0.2) is 27.8 Å². The Bertz CT molecular complexity index is 997. The first kappa shape index (κ1) is 17.2. The van der Waals surface area contributed by atoms with Gasteiger partial charge in [0, 0.05) is 21.6 Å². The van der Waals surface area contributed by atoms with Gasteiger partial charge in [0.25, 0.3) is 0 Å². The highest BCUT2D eigenvalue weighted by molar-refractivity contribution is 9.10. The minimum absolute atomic E-state index is 0.154. The van der Waals surface area contributed by atoms with Crippen molar-refractivity contribution in [1.82, 2.24) is 14.8 Å². The summed E-state index contributed by atoms with van der Waals surface area (Å²) < 4.78 is 7.63. The number of ether oxygens (including phenoxy) is 1. The van der Waals surface area contributed by atoms with E-state index >= 15 is 0 Å². The number of halogens is 1. The number of esters is 1. The summed E-state index contributed by atoms with van der Waals surface area (Å²) in [4.78, 5) is 16.7. The molecule has 25 heavy (non-hydrogen) atoms. The highest BCUT2D eigenvalue weighted by atomic mass is 79.9. The molecule has 0 radical (unpaired) electrons. The fourth-order valence-corrected chi connectivity index (χ4v) is 2.97. The van der Waals surface area contributed by atoms with Crippen molar-refractivity contribution in [3.8, 4) is 11.8 Å². The summed E-state index contributed by atoms with van der Waals surface area (Å²) in [6.07, 6.45) is 3.48. The highest BCUT2D eigenvalue weighted by Crippen LogP contribution is 2.28. The second-order valence-electron chi connectivity index (χ2n) is 5.46. The van der Waals surface area contributed by atoms with E-state index in [1.165, 1.54) is 7.11 Å². The van der Waals surface area contributed by atoms with Gasteiger partial charge in [-0.15, -0.1) is 5.92 Å². The molecule has 2 heterocycles. The van der Waals surface area contributed by atoms with Crippen LogP contribution in [-0.2, 0) is 4.74 Å². The van der Waals surface area contributed by atoms with E-state index in [9.17, 15) is 4.79 Å². The first-order valence-corrected chi connectivity index (χ1v) is 8.49. The molecule has 2 aromatic heterocycles. The Balaban J connectivity index is 2.24. The third-order valence-corrected chi connectivity index (χ3v) is 4.44. The average Bonchev–Trinajstić information content (AvgIpc) is 3.07. The predicted octanol–water partition coefficient (Wildman–Crippen LogP) is 3.96. The number of hydrogen-bond donors (Lipinski definition) is 0. The van der Waals surface area contributed by atoms with Crippen molar-refractivity contribution >= 4 is 32.8 Å². The summed E-state index contributed by atoms with van der Waals surface area (Å²) in [6.45, 7) is 3.76. The molecular weight excluding hydrogens is 382 g/mol. The van der Waals surface area contributed by atoms with Gasteiger partial charge in [0.15, 0.2) is 0 Å². The van der Waals surface area contributed by atoms with E-state index in [0.29, 0.717) is 11.1 Å². The maximum absolute atomic E-state index is 12.2. The molecule has 3 aromatic rings. The Labute approximate surface area is 154 Å². The van der Waals surface area contributed by atoms with Crippen LogP contribution in [0.5, 0.6) is 0 Å². The van der Waals surface area contributed by atoms with Crippen LogP contribution < -0.4 is 0 Å². The van der Waals surface area contributed by atoms with Crippen LogP contribution in [0.2, 0.25) is 0 Å². The van der Waals surface area contributed by atoms with Gasteiger partial charge in [-0.1, -0.05) is 5.92 Å². The van der Waals surface area contributed by atoms with Crippen molar-refractivity contribution in [2.45, 2.75) is 19.9 Å². The number of fused-ring (bicyclic) bond motifs is 1. The van der Waals surface area contributed by atoms with Crippen LogP contribution in [0.3, 0.4) is 0 Å². The number of pyridine rings is 1. The molecule has 5 nitrogen and oxygen atoms in total. The SMILES string of the molecule is CC#Cc1ccc(C(=O)OC)c2c1cnn2C(C)c1ccc(Br)cn1. The summed E-state index contributed by atoms with van der Waals surface area (Å²) in [5.74, 6) is 5.55. The van der Waals surface area contributed by atoms with Crippen molar-refractivity contribution in [2.75, 3.05) is 7.11 Å². The van der Waals surface area contributed by atoms with Crippen LogP contribution >= 0.6 is 15.9 Å². The van der Waals surface area contributed by atoms with Crippen LogP contribution in [0.1, 0.15) is 41.5 Å². The molecular formula is C19H16BrN3O2. The predicted molar refractivity (Wildman–Crippen MR) is 99.4 cm³/mol. The first-order valence-electron chi connectivity index (χ1n) is 7.69. The van der Waals surface area contributed by atoms with Crippen molar-refractivity contribution in [2.24, 2.45) is 0 Å². The second kappa shape index (κ2) is 7.08. The lowest BCUT2D eigenvalue weighted by Crippen LogP contribution is -2.13. The van der Waals surface area contributed by atoms with Gasteiger partial charge in [0.05, 0.1) is 36.1 Å². The van der Waals surface area contributed by atoms with Gasteiger partial charge in [-0.05, 0) is 54.0 Å². The molecule has 1 aromatic carbocycles. The molecule has 1 unspecified atom stereocenters. The fourth-order valence-electron chi connectivity index (χ4n) is 2.73. The van der Waals surface area contributed by atoms with Crippen LogP contribution in [0.15, 0.2) is 41.1 Å². The normalized spacial score (nSPS) is 11.7. The number of benzene rings is 1. The summed E-state index contributed by atoms with van der Waals surface area (Å²) in [5.41, 5.74) is 2.83. The van der Waals surface area contributed by atoms with Gasteiger partial charge >= 0.3 is 5.97 Å². The first-order chi connectivity index (χ1) is 12.1. The van der Waals surface area contributed by atoms with Crippen molar-refractivity contribution < 1.29 is 9.53 Å². The zero-order valence-corrected chi connectivity index (χ0v) is 15.7. The topological polar surface area (TPSA) is 57.0 Å². The number of methoxy groups -OCH3 is 1. The molecule has 0 aliphatic rings. The largest absolute Gasteiger partial charge is 0.465 e. The van der Waals surface area contributed by atoms with Gasteiger partial charge in [0.2, 0.25) is 0 Å². The van der Waals surface area contributed by atoms with Crippen molar-refractivity contribution in [1.29, 1.82) is 0 Å². The summed E-state index contributed by atoms with van der Waals surface area (Å²) in [7, 11) is 1.37. The van der Waals surface area contributed by atoms with Gasteiger partial charge in [-0.2, -0.15) is 5.10 Å². The second-order valence-corrected chi connectivity index (χ2v) is 6.37. The van der Waals surface area contributed by atoms with Crippen LogP contribution in [0, 0.1) is 11.8 Å². The fraction of sp³-hybridized carbons (Fsp3) is 0.211. The third-order valence-electron chi connectivity index (χ3n) is 3.97. The molecule has 0 bridgehead atoms. The lowest BCUT2D eigenvalue weighted by atomic mass is 10.1. The molecule has 0 saturated carbocycles. The number of rotatable bonds is 3. The summed E-state index contributed by atoms with van der Waals surface area (Å²) in [6, 6.07) is 7.25. The highest BCUT2D eigenvalue weighted by Gasteiger charge is 2.21. The average molecular weight is 398 g/mol. The molecule has 0 aliphatic carbocycles. The smallest absolute Gasteiger partial charge is 0.340 e. The Morgan fingerprint density at radius 1 is 1.28 bits per heavy atom. The molecule has 0 fully saturated rings. The van der Waals surface area contributed by atoms with E-state index in [2.05, 4.69) is 37.9 Å². The zero-order chi connectivity index (χ0) is 18.0. The molecule has 1 atom stereocenters. The van der Waals surface area contributed by atoms with Crippen LogP contribution in [0.4, 0.5) is 0 Å². The van der Waals surface area contributed by atoms with Gasteiger partial charge < -0.3 is 4.74 Å². The Hall–Kier alpha value is -2.65. The minimum Gasteiger partial charge on any atom is -0.465 e. The quantitative estimate of drug-likeness (QED) is 0.495. The van der Waals surface area contributed by atoms with E-state index in [0.717, 1.165) is 21.1 Å².